The molecule has 6 heteroatoms. The second kappa shape index (κ2) is 9.60. The van der Waals surface area contributed by atoms with Crippen molar-refractivity contribution >= 4 is 12.0 Å². The van der Waals surface area contributed by atoms with E-state index in [9.17, 15) is 9.59 Å². The number of carboxylic acid groups (broad SMARTS) is 1. The summed E-state index contributed by atoms with van der Waals surface area (Å²) in [6.07, 6.45) is 4.46. The summed E-state index contributed by atoms with van der Waals surface area (Å²) in [4.78, 5) is 24.8. The fraction of sp³-hybridized carbons (Fsp3) is 0.867. The Bertz CT molecular complexity index is 328. The zero-order chi connectivity index (χ0) is 15.7. The molecule has 0 aromatic carbocycles. The molecule has 0 bridgehead atoms. The van der Waals surface area contributed by atoms with Crippen LogP contribution < -0.4 is 10.6 Å². The van der Waals surface area contributed by atoms with Crippen molar-refractivity contribution in [2.75, 3.05) is 26.2 Å². The molecule has 0 aromatic heterocycles. The molecule has 1 rings (SSSR count). The molecule has 1 aliphatic heterocycles. The number of hydrogen-bond acceptors (Lipinski definition) is 3. The third kappa shape index (κ3) is 7.32. The Hall–Kier alpha value is -1.30. The van der Waals surface area contributed by atoms with Crippen LogP contribution in [-0.2, 0) is 4.79 Å². The first-order valence-corrected chi connectivity index (χ1v) is 8.02. The number of nitrogens with zero attached hydrogens (tertiary/aromatic N) is 1. The van der Waals surface area contributed by atoms with Crippen molar-refractivity contribution in [1.82, 2.24) is 15.5 Å². The third-order valence-corrected chi connectivity index (χ3v) is 3.98. The van der Waals surface area contributed by atoms with Gasteiger partial charge in [-0.15, -0.1) is 0 Å². The Morgan fingerprint density at radius 3 is 2.57 bits per heavy atom. The number of amides is 2. The fourth-order valence-corrected chi connectivity index (χ4v) is 2.59. The smallest absolute Gasteiger partial charge is 0.315 e. The highest BCUT2D eigenvalue weighted by Gasteiger charge is 2.19. The minimum Gasteiger partial charge on any atom is -0.481 e. The molecule has 0 spiro atoms. The van der Waals surface area contributed by atoms with Crippen LogP contribution in [0.15, 0.2) is 0 Å². The summed E-state index contributed by atoms with van der Waals surface area (Å²) >= 11 is 0. The minimum absolute atomic E-state index is 0.132. The number of hydrogen-bond donors (Lipinski definition) is 3. The van der Waals surface area contributed by atoms with E-state index in [1.165, 1.54) is 6.42 Å². The van der Waals surface area contributed by atoms with Gasteiger partial charge in [0.1, 0.15) is 0 Å². The molecule has 1 saturated heterocycles. The zero-order valence-corrected chi connectivity index (χ0v) is 13.2. The summed E-state index contributed by atoms with van der Waals surface area (Å²) in [7, 11) is 0. The Balaban J connectivity index is 2.08. The van der Waals surface area contributed by atoms with E-state index in [0.29, 0.717) is 19.4 Å². The van der Waals surface area contributed by atoms with Gasteiger partial charge < -0.3 is 20.6 Å². The van der Waals surface area contributed by atoms with E-state index < -0.39 is 5.97 Å². The van der Waals surface area contributed by atoms with Gasteiger partial charge in [0.15, 0.2) is 0 Å². The van der Waals surface area contributed by atoms with Crippen molar-refractivity contribution in [2.24, 2.45) is 5.92 Å². The molecule has 1 heterocycles. The van der Waals surface area contributed by atoms with E-state index in [1.54, 1.807) is 6.92 Å². The maximum Gasteiger partial charge on any atom is 0.315 e. The standard InChI is InChI=1S/C15H29N3O3/c1-3-9-18-10-6-13(7-11-18)17-15(21)16-8-4-5-12(2)14(19)20/h12-13H,3-11H2,1-2H3,(H,19,20)(H2,16,17,21). The summed E-state index contributed by atoms with van der Waals surface area (Å²) in [6.45, 7) is 7.64. The lowest BCUT2D eigenvalue weighted by Crippen LogP contribution is -2.48. The number of carbonyl (C=O) groups excluding carboxylic acids is 1. The molecule has 2 amide bonds. The maximum absolute atomic E-state index is 11.7. The predicted octanol–water partition coefficient (Wildman–Crippen LogP) is 1.66. The Kier molecular flexibility index (Phi) is 8.12. The molecule has 1 atom stereocenters. The molecule has 1 unspecified atom stereocenters. The molecule has 1 aliphatic rings. The Morgan fingerprint density at radius 1 is 1.33 bits per heavy atom. The number of carboxylic acids is 1. The van der Waals surface area contributed by atoms with Crippen molar-refractivity contribution in [3.05, 3.63) is 0 Å². The topological polar surface area (TPSA) is 81.7 Å². The number of aliphatic carboxylic acids is 1. The van der Waals surface area contributed by atoms with Gasteiger partial charge in [0, 0.05) is 25.7 Å². The summed E-state index contributed by atoms with van der Waals surface area (Å²) in [5.74, 6) is -1.13. The summed E-state index contributed by atoms with van der Waals surface area (Å²) in [5.41, 5.74) is 0. The lowest BCUT2D eigenvalue weighted by atomic mass is 10.1. The Labute approximate surface area is 127 Å². The first kappa shape index (κ1) is 17.8. The molecule has 6 nitrogen and oxygen atoms in total. The molecule has 21 heavy (non-hydrogen) atoms. The van der Waals surface area contributed by atoms with Crippen LogP contribution in [-0.4, -0.2) is 54.2 Å². The Morgan fingerprint density at radius 2 is 2.00 bits per heavy atom. The molecule has 3 N–H and O–H groups in total. The fourth-order valence-electron chi connectivity index (χ4n) is 2.59. The maximum atomic E-state index is 11.7. The number of rotatable bonds is 8. The first-order chi connectivity index (χ1) is 10.0. The van der Waals surface area contributed by atoms with Crippen LogP contribution in [0.1, 0.15) is 46.0 Å². The molecule has 0 radical (unpaired) electrons. The normalized spacial score (nSPS) is 18.2. The molecule has 0 aromatic rings. The summed E-state index contributed by atoms with van der Waals surface area (Å²) in [5, 5.41) is 14.6. The van der Waals surface area contributed by atoms with Gasteiger partial charge >= 0.3 is 12.0 Å². The number of piperidine rings is 1. The van der Waals surface area contributed by atoms with Gasteiger partial charge in [-0.2, -0.15) is 0 Å². The second-order valence-corrected chi connectivity index (χ2v) is 5.90. The van der Waals surface area contributed by atoms with Crippen LogP contribution in [0.5, 0.6) is 0 Å². The molecule has 0 aliphatic carbocycles. The summed E-state index contributed by atoms with van der Waals surface area (Å²) < 4.78 is 0. The molecular weight excluding hydrogens is 270 g/mol. The van der Waals surface area contributed by atoms with Crippen molar-refractivity contribution in [1.29, 1.82) is 0 Å². The quantitative estimate of drug-likeness (QED) is 0.595. The first-order valence-electron chi connectivity index (χ1n) is 8.02. The SMILES string of the molecule is CCCN1CCC(NC(=O)NCCCC(C)C(=O)O)CC1. The number of nitrogens with one attached hydrogen (secondary N) is 2. The van der Waals surface area contributed by atoms with Crippen LogP contribution in [0.3, 0.4) is 0 Å². The molecule has 122 valence electrons. The van der Waals surface area contributed by atoms with E-state index >= 15 is 0 Å². The van der Waals surface area contributed by atoms with Gasteiger partial charge in [0.2, 0.25) is 0 Å². The van der Waals surface area contributed by atoms with Gasteiger partial charge in [-0.25, -0.2) is 4.79 Å². The molecule has 1 fully saturated rings. The van der Waals surface area contributed by atoms with Crippen LogP contribution in [0.2, 0.25) is 0 Å². The number of carbonyl (C=O) groups is 2. The van der Waals surface area contributed by atoms with E-state index in [2.05, 4.69) is 22.5 Å². The number of urea groups is 1. The van der Waals surface area contributed by atoms with Crippen LogP contribution >= 0.6 is 0 Å². The van der Waals surface area contributed by atoms with Gasteiger partial charge in [-0.05, 0) is 38.6 Å². The largest absolute Gasteiger partial charge is 0.481 e. The van der Waals surface area contributed by atoms with Crippen LogP contribution in [0.25, 0.3) is 0 Å². The van der Waals surface area contributed by atoms with Crippen molar-refractivity contribution in [3.63, 3.8) is 0 Å². The molecule has 0 saturated carbocycles. The number of likely N-dealkylation sites (tertiary alicyclic amines) is 1. The van der Waals surface area contributed by atoms with E-state index in [1.807, 2.05) is 0 Å². The van der Waals surface area contributed by atoms with Crippen molar-refractivity contribution < 1.29 is 14.7 Å². The van der Waals surface area contributed by atoms with Crippen molar-refractivity contribution in [2.45, 2.75) is 52.0 Å². The lowest BCUT2D eigenvalue weighted by Gasteiger charge is -2.32. The highest BCUT2D eigenvalue weighted by molar-refractivity contribution is 5.74. The highest BCUT2D eigenvalue weighted by Crippen LogP contribution is 2.10. The zero-order valence-electron chi connectivity index (χ0n) is 13.2. The van der Waals surface area contributed by atoms with E-state index in [0.717, 1.165) is 32.5 Å². The average molecular weight is 299 g/mol. The summed E-state index contributed by atoms with van der Waals surface area (Å²) in [6, 6.07) is 0.128. The van der Waals surface area contributed by atoms with E-state index in [-0.39, 0.29) is 18.0 Å². The third-order valence-electron chi connectivity index (χ3n) is 3.98. The monoisotopic (exact) mass is 299 g/mol. The second-order valence-electron chi connectivity index (χ2n) is 5.90. The molecular formula is C15H29N3O3. The van der Waals surface area contributed by atoms with E-state index in [4.69, 9.17) is 5.11 Å². The van der Waals surface area contributed by atoms with Gasteiger partial charge in [0.05, 0.1) is 5.92 Å². The lowest BCUT2D eigenvalue weighted by molar-refractivity contribution is -0.141. The average Bonchev–Trinajstić information content (AvgIpc) is 2.45. The highest BCUT2D eigenvalue weighted by atomic mass is 16.4. The van der Waals surface area contributed by atoms with Gasteiger partial charge in [-0.3, -0.25) is 4.79 Å². The minimum atomic E-state index is -0.779. The van der Waals surface area contributed by atoms with Gasteiger partial charge in [-0.1, -0.05) is 13.8 Å². The predicted molar refractivity (Wildman–Crippen MR) is 82.3 cm³/mol. The van der Waals surface area contributed by atoms with Crippen LogP contribution in [0, 0.1) is 5.92 Å². The van der Waals surface area contributed by atoms with Crippen molar-refractivity contribution in [3.8, 4) is 0 Å². The van der Waals surface area contributed by atoms with Gasteiger partial charge in [0.25, 0.3) is 0 Å². The van der Waals surface area contributed by atoms with Crippen LogP contribution in [0.4, 0.5) is 4.79 Å².